The summed E-state index contributed by atoms with van der Waals surface area (Å²) in [6.07, 6.45) is 1.26. The van der Waals surface area contributed by atoms with Crippen molar-refractivity contribution in [2.45, 2.75) is 40.2 Å². The molecule has 1 atom stereocenters. The number of hydrogen-bond acceptors (Lipinski definition) is 2. The minimum atomic E-state index is 0.456. The zero-order valence-electron chi connectivity index (χ0n) is 11.6. The van der Waals surface area contributed by atoms with Crippen LogP contribution in [-0.2, 0) is 0 Å². The number of hydrogen-bond donors (Lipinski definition) is 1. The Labute approximate surface area is 123 Å². The van der Waals surface area contributed by atoms with Crippen molar-refractivity contribution in [1.82, 2.24) is 0 Å². The van der Waals surface area contributed by atoms with Gasteiger partial charge in [0.05, 0.1) is 0 Å². The van der Waals surface area contributed by atoms with Crippen LogP contribution in [0.2, 0.25) is 0 Å². The first-order valence-corrected chi connectivity index (χ1v) is 8.43. The molecule has 1 saturated heterocycles. The van der Waals surface area contributed by atoms with Gasteiger partial charge in [-0.3, -0.25) is 0 Å². The van der Waals surface area contributed by atoms with E-state index in [0.717, 1.165) is 0 Å². The molecule has 1 aromatic rings. The second kappa shape index (κ2) is 5.46. The minimum absolute atomic E-state index is 0.456. The Balaban J connectivity index is 2.14. The van der Waals surface area contributed by atoms with Gasteiger partial charge in [0.25, 0.3) is 0 Å². The molecule has 3 heteroatoms. The molecule has 1 aliphatic rings. The Hall–Kier alpha value is -0.150. The maximum absolute atomic E-state index is 3.76. The molecule has 1 aromatic carbocycles. The van der Waals surface area contributed by atoms with Crippen LogP contribution in [0.1, 0.15) is 31.4 Å². The zero-order valence-corrected chi connectivity index (χ0v) is 14.0. The normalized spacial score (nSPS) is 22.8. The van der Waals surface area contributed by atoms with Gasteiger partial charge in [-0.15, -0.1) is 0 Å². The monoisotopic (exact) mass is 327 g/mol. The molecule has 1 aliphatic heterocycles. The van der Waals surface area contributed by atoms with E-state index in [1.165, 1.54) is 39.2 Å². The molecule has 1 fully saturated rings. The molecule has 2 rings (SSSR count). The van der Waals surface area contributed by atoms with Crippen molar-refractivity contribution in [3.8, 4) is 0 Å². The number of rotatable bonds is 2. The van der Waals surface area contributed by atoms with E-state index in [1.807, 2.05) is 0 Å². The smallest absolute Gasteiger partial charge is 0.0402 e. The van der Waals surface area contributed by atoms with Gasteiger partial charge in [0.2, 0.25) is 0 Å². The predicted molar refractivity (Wildman–Crippen MR) is 86.7 cm³/mol. The largest absolute Gasteiger partial charge is 0.381 e. The fourth-order valence-electron chi connectivity index (χ4n) is 2.70. The second-order valence-corrected chi connectivity index (χ2v) is 8.09. The van der Waals surface area contributed by atoms with Crippen molar-refractivity contribution in [1.29, 1.82) is 0 Å². The van der Waals surface area contributed by atoms with Gasteiger partial charge in [-0.05, 0) is 54.7 Å². The summed E-state index contributed by atoms with van der Waals surface area (Å²) in [4.78, 5) is 0. The van der Waals surface area contributed by atoms with E-state index in [1.54, 1.807) is 0 Å². The molecule has 1 unspecified atom stereocenters. The first kappa shape index (κ1) is 14.3. The van der Waals surface area contributed by atoms with Crippen LogP contribution in [0.15, 0.2) is 16.6 Å². The lowest BCUT2D eigenvalue weighted by Gasteiger charge is -2.36. The van der Waals surface area contributed by atoms with Crippen LogP contribution in [0.5, 0.6) is 0 Å². The Morgan fingerprint density at radius 3 is 2.44 bits per heavy atom. The van der Waals surface area contributed by atoms with Crippen molar-refractivity contribution < 1.29 is 0 Å². The number of nitrogens with one attached hydrogen (secondary N) is 1. The van der Waals surface area contributed by atoms with Gasteiger partial charge in [0, 0.05) is 22.0 Å². The molecule has 100 valence electrons. The van der Waals surface area contributed by atoms with Crippen LogP contribution >= 0.6 is 27.7 Å². The highest BCUT2D eigenvalue weighted by Crippen LogP contribution is 2.36. The summed E-state index contributed by atoms with van der Waals surface area (Å²) in [5.74, 6) is 2.50. The van der Waals surface area contributed by atoms with Gasteiger partial charge in [0.1, 0.15) is 0 Å². The average molecular weight is 328 g/mol. The van der Waals surface area contributed by atoms with Crippen LogP contribution in [0.25, 0.3) is 0 Å². The van der Waals surface area contributed by atoms with E-state index < -0.39 is 0 Å². The van der Waals surface area contributed by atoms with Crippen molar-refractivity contribution in [2.75, 3.05) is 16.8 Å². The van der Waals surface area contributed by atoms with Gasteiger partial charge in [-0.25, -0.2) is 0 Å². The number of thioether (sulfide) groups is 1. The van der Waals surface area contributed by atoms with Gasteiger partial charge in [0.15, 0.2) is 0 Å². The minimum Gasteiger partial charge on any atom is -0.381 e. The van der Waals surface area contributed by atoms with E-state index in [4.69, 9.17) is 0 Å². The lowest BCUT2D eigenvalue weighted by Crippen LogP contribution is -2.35. The van der Waals surface area contributed by atoms with E-state index >= 15 is 0 Å². The summed E-state index contributed by atoms with van der Waals surface area (Å²) in [5, 5.41) is 3.76. The number of anilines is 1. The molecular weight excluding hydrogens is 306 g/mol. The maximum atomic E-state index is 3.76. The van der Waals surface area contributed by atoms with Crippen LogP contribution in [0.3, 0.4) is 0 Å². The topological polar surface area (TPSA) is 12.0 Å². The van der Waals surface area contributed by atoms with Gasteiger partial charge in [-0.2, -0.15) is 11.8 Å². The molecule has 1 N–H and O–H groups in total. The van der Waals surface area contributed by atoms with Crippen molar-refractivity contribution in [3.63, 3.8) is 0 Å². The highest BCUT2D eigenvalue weighted by molar-refractivity contribution is 9.10. The molecule has 0 aromatic heterocycles. The molecule has 0 aliphatic carbocycles. The van der Waals surface area contributed by atoms with Crippen LogP contribution in [0.4, 0.5) is 5.69 Å². The van der Waals surface area contributed by atoms with Crippen LogP contribution in [0, 0.1) is 19.3 Å². The summed E-state index contributed by atoms with van der Waals surface area (Å²) >= 11 is 5.63. The molecule has 0 saturated carbocycles. The number of benzene rings is 1. The summed E-state index contributed by atoms with van der Waals surface area (Å²) in [7, 11) is 0. The van der Waals surface area contributed by atoms with Gasteiger partial charge < -0.3 is 5.32 Å². The van der Waals surface area contributed by atoms with E-state index in [-0.39, 0.29) is 0 Å². The fourth-order valence-corrected chi connectivity index (χ4v) is 4.66. The Morgan fingerprint density at radius 2 is 1.89 bits per heavy atom. The summed E-state index contributed by atoms with van der Waals surface area (Å²) in [5.41, 5.74) is 4.43. The standard InChI is InChI=1S/C15H22BrNS/c1-10-5-12(16)6-11(2)14(10)17-13-7-15(3,4)9-18-8-13/h5-6,13,17H,7-9H2,1-4H3. The highest BCUT2D eigenvalue weighted by atomic mass is 79.9. The summed E-state index contributed by atoms with van der Waals surface area (Å²) < 4.78 is 1.17. The van der Waals surface area contributed by atoms with Crippen LogP contribution < -0.4 is 5.32 Å². The van der Waals surface area contributed by atoms with Crippen LogP contribution in [-0.4, -0.2) is 17.5 Å². The second-order valence-electron chi connectivity index (χ2n) is 6.14. The number of halogens is 1. The SMILES string of the molecule is Cc1cc(Br)cc(C)c1NC1CSCC(C)(C)C1. The summed E-state index contributed by atoms with van der Waals surface area (Å²) in [6.45, 7) is 9.10. The molecule has 0 spiro atoms. The molecule has 18 heavy (non-hydrogen) atoms. The Morgan fingerprint density at radius 1 is 1.28 bits per heavy atom. The molecule has 0 amide bonds. The quantitative estimate of drug-likeness (QED) is 0.819. The average Bonchev–Trinajstić information content (AvgIpc) is 2.22. The molecule has 1 heterocycles. The maximum Gasteiger partial charge on any atom is 0.0402 e. The predicted octanol–water partition coefficient (Wildman–Crippen LogP) is 5.01. The molecule has 0 radical (unpaired) electrons. The van der Waals surface area contributed by atoms with E-state index in [0.29, 0.717) is 11.5 Å². The summed E-state index contributed by atoms with van der Waals surface area (Å²) in [6, 6.07) is 4.98. The lowest BCUT2D eigenvalue weighted by molar-refractivity contribution is 0.358. The fraction of sp³-hybridized carbons (Fsp3) is 0.600. The Kier molecular flexibility index (Phi) is 4.32. The van der Waals surface area contributed by atoms with E-state index in [2.05, 4.69) is 72.8 Å². The van der Waals surface area contributed by atoms with Gasteiger partial charge in [-0.1, -0.05) is 29.8 Å². The third kappa shape index (κ3) is 3.45. The lowest BCUT2D eigenvalue weighted by atomic mass is 9.87. The first-order chi connectivity index (χ1) is 8.37. The number of aryl methyl sites for hydroxylation is 2. The van der Waals surface area contributed by atoms with Gasteiger partial charge >= 0.3 is 0 Å². The molecule has 0 bridgehead atoms. The van der Waals surface area contributed by atoms with Crippen molar-refractivity contribution >= 4 is 33.4 Å². The zero-order chi connectivity index (χ0) is 13.3. The van der Waals surface area contributed by atoms with E-state index in [9.17, 15) is 0 Å². The molecular formula is C15H22BrNS. The van der Waals surface area contributed by atoms with Crippen molar-refractivity contribution in [2.24, 2.45) is 5.41 Å². The van der Waals surface area contributed by atoms with Crippen molar-refractivity contribution in [3.05, 3.63) is 27.7 Å². The Bertz CT molecular complexity index is 419. The molecule has 1 nitrogen and oxygen atoms in total. The first-order valence-electron chi connectivity index (χ1n) is 6.48. The third-order valence-corrected chi connectivity index (χ3v) is 5.54. The highest BCUT2D eigenvalue weighted by Gasteiger charge is 2.28. The third-order valence-electron chi connectivity index (χ3n) is 3.46.